The Morgan fingerprint density at radius 1 is 1.00 bits per heavy atom. The molecule has 0 saturated carbocycles. The maximum atomic E-state index is 12.2. The van der Waals surface area contributed by atoms with Crippen molar-refractivity contribution in [3.05, 3.63) is 78.1 Å². The van der Waals surface area contributed by atoms with E-state index < -0.39 is 0 Å². The molecule has 0 spiro atoms. The van der Waals surface area contributed by atoms with E-state index in [2.05, 4.69) is 26.7 Å². The van der Waals surface area contributed by atoms with Gasteiger partial charge in [0.2, 0.25) is 0 Å². The highest BCUT2D eigenvalue weighted by Gasteiger charge is 2.06. The monoisotopic (exact) mass is 346 g/mol. The Morgan fingerprint density at radius 2 is 1.92 bits per heavy atom. The molecule has 0 radical (unpaired) electrons. The molecule has 3 rings (SSSR count). The van der Waals surface area contributed by atoms with Crippen molar-refractivity contribution in [3.63, 3.8) is 0 Å². The quantitative estimate of drug-likeness (QED) is 0.641. The van der Waals surface area contributed by atoms with E-state index >= 15 is 0 Å². The van der Waals surface area contributed by atoms with Gasteiger partial charge in [-0.3, -0.25) is 9.78 Å². The second kappa shape index (κ2) is 8.76. The number of hydrogen-bond donors (Lipinski definition) is 2. The second-order valence-corrected chi connectivity index (χ2v) is 6.05. The Labute approximate surface area is 153 Å². The molecule has 1 aromatic carbocycles. The molecule has 0 aliphatic heterocycles. The molecule has 0 saturated heterocycles. The van der Waals surface area contributed by atoms with Gasteiger partial charge in [-0.25, -0.2) is 4.98 Å². The van der Waals surface area contributed by atoms with E-state index in [0.29, 0.717) is 12.1 Å². The molecule has 5 nitrogen and oxygen atoms in total. The summed E-state index contributed by atoms with van der Waals surface area (Å²) in [6.07, 6.45) is 4.19. The number of hydrogen-bond acceptors (Lipinski definition) is 4. The predicted octanol–water partition coefficient (Wildman–Crippen LogP) is 3.68. The van der Waals surface area contributed by atoms with Gasteiger partial charge in [0.05, 0.1) is 11.3 Å². The molecule has 5 heteroatoms. The fourth-order valence-corrected chi connectivity index (χ4v) is 2.58. The van der Waals surface area contributed by atoms with Crippen molar-refractivity contribution in [2.24, 2.45) is 0 Å². The number of nitrogens with zero attached hydrogens (tertiary/aromatic N) is 2. The minimum Gasteiger partial charge on any atom is -0.370 e. The number of rotatable bonds is 7. The van der Waals surface area contributed by atoms with Crippen LogP contribution in [0.4, 0.5) is 5.82 Å². The zero-order valence-corrected chi connectivity index (χ0v) is 14.8. The summed E-state index contributed by atoms with van der Waals surface area (Å²) in [6.45, 7) is 3.40. The first-order chi connectivity index (χ1) is 12.7. The Kier molecular flexibility index (Phi) is 5.93. The summed E-state index contributed by atoms with van der Waals surface area (Å²) in [4.78, 5) is 20.8. The van der Waals surface area contributed by atoms with Gasteiger partial charge in [0, 0.05) is 31.0 Å². The molecule has 2 heterocycles. The zero-order valence-electron chi connectivity index (χ0n) is 14.8. The number of amides is 1. The van der Waals surface area contributed by atoms with Crippen molar-refractivity contribution in [1.82, 2.24) is 15.3 Å². The minimum atomic E-state index is -0.105. The number of carbonyl (C=O) groups excluding carboxylic acids is 1. The Hall–Kier alpha value is -3.21. The van der Waals surface area contributed by atoms with Crippen molar-refractivity contribution >= 4 is 11.7 Å². The van der Waals surface area contributed by atoms with E-state index in [9.17, 15) is 4.79 Å². The average molecular weight is 346 g/mol. The largest absolute Gasteiger partial charge is 0.370 e. The van der Waals surface area contributed by atoms with Crippen LogP contribution in [0.5, 0.6) is 0 Å². The average Bonchev–Trinajstić information content (AvgIpc) is 2.68. The first-order valence-corrected chi connectivity index (χ1v) is 8.68. The molecular weight excluding hydrogens is 324 g/mol. The number of benzene rings is 1. The van der Waals surface area contributed by atoms with Gasteiger partial charge in [0.1, 0.15) is 5.82 Å². The summed E-state index contributed by atoms with van der Waals surface area (Å²) in [5.41, 5.74) is 3.67. The van der Waals surface area contributed by atoms with E-state index in [4.69, 9.17) is 0 Å². The molecular formula is C21H22N4O. The fraction of sp³-hybridized carbons (Fsp3) is 0.190. The topological polar surface area (TPSA) is 66.9 Å². The van der Waals surface area contributed by atoms with Crippen molar-refractivity contribution in [2.75, 3.05) is 18.4 Å². The van der Waals surface area contributed by atoms with Crippen LogP contribution in [-0.4, -0.2) is 29.0 Å². The Morgan fingerprint density at radius 3 is 2.65 bits per heavy atom. The standard InChI is InChI=1S/C21H22N4O/c1-16-6-4-7-17(14-16)19-10-9-18(15-25-19)21(26)24-13-5-12-23-20-8-2-3-11-22-20/h2-4,6-11,14-15H,5,12-13H2,1H3,(H,22,23)(H,24,26). The van der Waals surface area contributed by atoms with Crippen LogP contribution in [0, 0.1) is 6.92 Å². The molecule has 26 heavy (non-hydrogen) atoms. The summed E-state index contributed by atoms with van der Waals surface area (Å²) >= 11 is 0. The normalized spacial score (nSPS) is 10.3. The van der Waals surface area contributed by atoms with Gasteiger partial charge >= 0.3 is 0 Å². The van der Waals surface area contributed by atoms with Gasteiger partial charge in [0.15, 0.2) is 0 Å². The number of aryl methyl sites for hydroxylation is 1. The lowest BCUT2D eigenvalue weighted by Gasteiger charge is -2.07. The van der Waals surface area contributed by atoms with Gasteiger partial charge in [-0.05, 0) is 43.7 Å². The summed E-state index contributed by atoms with van der Waals surface area (Å²) in [7, 11) is 0. The van der Waals surface area contributed by atoms with Crippen LogP contribution in [0.1, 0.15) is 22.3 Å². The number of anilines is 1. The third-order valence-corrected chi connectivity index (χ3v) is 3.95. The van der Waals surface area contributed by atoms with Crippen LogP contribution in [0.15, 0.2) is 67.0 Å². The van der Waals surface area contributed by atoms with Gasteiger partial charge in [0.25, 0.3) is 5.91 Å². The molecule has 0 bridgehead atoms. The van der Waals surface area contributed by atoms with Gasteiger partial charge in [-0.2, -0.15) is 0 Å². The van der Waals surface area contributed by atoms with Crippen LogP contribution in [-0.2, 0) is 0 Å². The zero-order chi connectivity index (χ0) is 18.2. The van der Waals surface area contributed by atoms with Crippen molar-refractivity contribution in [3.8, 4) is 11.3 Å². The molecule has 0 unspecified atom stereocenters. The van der Waals surface area contributed by atoms with Crippen molar-refractivity contribution in [2.45, 2.75) is 13.3 Å². The van der Waals surface area contributed by atoms with Gasteiger partial charge < -0.3 is 10.6 Å². The minimum absolute atomic E-state index is 0.105. The summed E-state index contributed by atoms with van der Waals surface area (Å²) in [6, 6.07) is 17.6. The van der Waals surface area contributed by atoms with E-state index in [1.165, 1.54) is 5.56 Å². The maximum absolute atomic E-state index is 12.2. The molecule has 0 fully saturated rings. The van der Waals surface area contributed by atoms with Crippen LogP contribution in [0.2, 0.25) is 0 Å². The van der Waals surface area contributed by atoms with Crippen LogP contribution in [0.3, 0.4) is 0 Å². The molecule has 0 aliphatic rings. The molecule has 1 amide bonds. The SMILES string of the molecule is Cc1cccc(-c2ccc(C(=O)NCCCNc3ccccn3)cn2)c1. The number of pyridine rings is 2. The highest BCUT2D eigenvalue weighted by atomic mass is 16.1. The fourth-order valence-electron chi connectivity index (χ4n) is 2.58. The predicted molar refractivity (Wildman–Crippen MR) is 104 cm³/mol. The second-order valence-electron chi connectivity index (χ2n) is 6.05. The summed E-state index contributed by atoms with van der Waals surface area (Å²) < 4.78 is 0. The van der Waals surface area contributed by atoms with Gasteiger partial charge in [-0.15, -0.1) is 0 Å². The maximum Gasteiger partial charge on any atom is 0.252 e. The summed E-state index contributed by atoms with van der Waals surface area (Å²) in [5, 5.41) is 6.13. The third-order valence-electron chi connectivity index (χ3n) is 3.95. The lowest BCUT2D eigenvalue weighted by Crippen LogP contribution is -2.26. The first-order valence-electron chi connectivity index (χ1n) is 8.68. The molecule has 2 N–H and O–H groups in total. The van der Waals surface area contributed by atoms with E-state index in [1.807, 2.05) is 55.5 Å². The van der Waals surface area contributed by atoms with E-state index in [1.54, 1.807) is 12.4 Å². The van der Waals surface area contributed by atoms with Crippen LogP contribution in [0.25, 0.3) is 11.3 Å². The molecule has 0 atom stereocenters. The highest BCUT2D eigenvalue weighted by molar-refractivity contribution is 5.94. The number of aromatic nitrogens is 2. The molecule has 0 aliphatic carbocycles. The smallest absolute Gasteiger partial charge is 0.252 e. The highest BCUT2D eigenvalue weighted by Crippen LogP contribution is 2.18. The van der Waals surface area contributed by atoms with Crippen LogP contribution < -0.4 is 10.6 Å². The lowest BCUT2D eigenvalue weighted by atomic mass is 10.1. The Bertz CT molecular complexity index is 847. The molecule has 2 aromatic heterocycles. The van der Waals surface area contributed by atoms with Crippen molar-refractivity contribution < 1.29 is 4.79 Å². The number of carbonyl (C=O) groups is 1. The number of nitrogens with one attached hydrogen (secondary N) is 2. The third kappa shape index (κ3) is 4.89. The van der Waals surface area contributed by atoms with Gasteiger partial charge in [-0.1, -0.05) is 29.8 Å². The summed E-state index contributed by atoms with van der Waals surface area (Å²) in [5.74, 6) is 0.737. The molecule has 3 aromatic rings. The van der Waals surface area contributed by atoms with Crippen LogP contribution >= 0.6 is 0 Å². The molecule has 132 valence electrons. The first kappa shape index (κ1) is 17.6. The van der Waals surface area contributed by atoms with E-state index in [-0.39, 0.29) is 5.91 Å². The van der Waals surface area contributed by atoms with Crippen molar-refractivity contribution in [1.29, 1.82) is 0 Å². The lowest BCUT2D eigenvalue weighted by molar-refractivity contribution is 0.0953. The Balaban J connectivity index is 1.46. The van der Waals surface area contributed by atoms with E-state index in [0.717, 1.165) is 30.0 Å².